The van der Waals surface area contributed by atoms with Gasteiger partial charge in [-0.15, -0.1) is 0 Å². The Balaban J connectivity index is 1.92. The molecule has 4 rings (SSSR count). The number of phenolic OH excluding ortho intramolecular Hbond substituents is 2. The maximum absolute atomic E-state index is 13.7. The number of carbonyl (C=O) groups is 3. The summed E-state index contributed by atoms with van der Waals surface area (Å²) in [5.74, 6) is -3.35. The highest BCUT2D eigenvalue weighted by Crippen LogP contribution is 2.57. The monoisotopic (exact) mass is 437 g/mol. The van der Waals surface area contributed by atoms with Crippen LogP contribution >= 0.6 is 0 Å². The van der Waals surface area contributed by atoms with Crippen molar-refractivity contribution >= 4 is 23.0 Å². The van der Waals surface area contributed by atoms with Crippen LogP contribution in [0.1, 0.15) is 42.3 Å². The third-order valence-electron chi connectivity index (χ3n) is 5.92. The van der Waals surface area contributed by atoms with E-state index in [1.807, 2.05) is 0 Å². The summed E-state index contributed by atoms with van der Waals surface area (Å²) in [6.07, 6.45) is 1.13. The molecule has 2 aromatic rings. The second-order valence-corrected chi connectivity index (χ2v) is 8.02. The van der Waals surface area contributed by atoms with Crippen molar-refractivity contribution < 1.29 is 33.7 Å². The van der Waals surface area contributed by atoms with E-state index in [9.17, 15) is 29.0 Å². The standard InChI is InChI=1S/C24H20FNO6/c1-10-20(29)18(12(3)27)22-19(21(10)30)24(4)16(32-22)9-15(28)17(23(24)31)11(2)26-14-7-5-6-13(25)8-14/h5-9,26,29-30H,1-4H3/b17-11+/t24-/m1/s1. The third kappa shape index (κ3) is 2.83. The van der Waals surface area contributed by atoms with Crippen LogP contribution in [0.3, 0.4) is 0 Å². The summed E-state index contributed by atoms with van der Waals surface area (Å²) in [7, 11) is 0. The van der Waals surface area contributed by atoms with E-state index >= 15 is 0 Å². The maximum atomic E-state index is 13.7. The molecule has 3 N–H and O–H groups in total. The van der Waals surface area contributed by atoms with E-state index in [1.54, 1.807) is 6.07 Å². The number of Topliss-reactive ketones (excluding diaryl/α,β-unsaturated/α-hetero) is 2. The summed E-state index contributed by atoms with van der Waals surface area (Å²) in [6, 6.07) is 5.55. The maximum Gasteiger partial charge on any atom is 0.194 e. The van der Waals surface area contributed by atoms with E-state index < -0.39 is 40.1 Å². The average Bonchev–Trinajstić information content (AvgIpc) is 2.99. The van der Waals surface area contributed by atoms with E-state index in [4.69, 9.17) is 4.74 Å². The molecule has 32 heavy (non-hydrogen) atoms. The third-order valence-corrected chi connectivity index (χ3v) is 5.92. The summed E-state index contributed by atoms with van der Waals surface area (Å²) in [5, 5.41) is 24.1. The fourth-order valence-electron chi connectivity index (χ4n) is 4.21. The van der Waals surface area contributed by atoms with Gasteiger partial charge >= 0.3 is 0 Å². The van der Waals surface area contributed by atoms with Crippen LogP contribution in [0.5, 0.6) is 17.2 Å². The van der Waals surface area contributed by atoms with E-state index in [1.165, 1.54) is 45.9 Å². The highest BCUT2D eigenvalue weighted by atomic mass is 19.1. The lowest BCUT2D eigenvalue weighted by Crippen LogP contribution is -2.40. The van der Waals surface area contributed by atoms with Crippen molar-refractivity contribution in [2.24, 2.45) is 0 Å². The van der Waals surface area contributed by atoms with Gasteiger partial charge in [-0.1, -0.05) is 6.07 Å². The smallest absolute Gasteiger partial charge is 0.194 e. The number of halogens is 1. The summed E-state index contributed by atoms with van der Waals surface area (Å²) in [6.45, 7) is 5.63. The number of allylic oxidation sites excluding steroid dienone is 4. The van der Waals surface area contributed by atoms with Crippen LogP contribution in [0.2, 0.25) is 0 Å². The molecule has 2 aromatic carbocycles. The topological polar surface area (TPSA) is 113 Å². The zero-order valence-corrected chi connectivity index (χ0v) is 17.8. The van der Waals surface area contributed by atoms with Crippen molar-refractivity contribution in [3.05, 3.63) is 69.9 Å². The van der Waals surface area contributed by atoms with Gasteiger partial charge in [0.05, 0.1) is 11.1 Å². The van der Waals surface area contributed by atoms with Crippen LogP contribution in [0.25, 0.3) is 0 Å². The van der Waals surface area contributed by atoms with Crippen molar-refractivity contribution in [2.75, 3.05) is 5.32 Å². The first-order valence-electron chi connectivity index (χ1n) is 9.81. The molecule has 1 heterocycles. The highest BCUT2D eigenvalue weighted by Gasteiger charge is 2.56. The Morgan fingerprint density at radius 1 is 1.16 bits per heavy atom. The number of hydrogen-bond donors (Lipinski definition) is 3. The minimum Gasteiger partial charge on any atom is -0.507 e. The van der Waals surface area contributed by atoms with Gasteiger partial charge in [0.1, 0.15) is 39.8 Å². The largest absolute Gasteiger partial charge is 0.507 e. The second kappa shape index (κ2) is 7.05. The Labute approximate surface area is 182 Å². The molecule has 164 valence electrons. The molecule has 2 aliphatic rings. The quantitative estimate of drug-likeness (QED) is 0.380. The van der Waals surface area contributed by atoms with Gasteiger partial charge in [-0.05, 0) is 45.9 Å². The molecular weight excluding hydrogens is 417 g/mol. The molecule has 0 spiro atoms. The normalized spacial score (nSPS) is 20.8. The number of anilines is 1. The summed E-state index contributed by atoms with van der Waals surface area (Å²) in [5.41, 5.74) is -1.39. The number of hydrogen-bond acceptors (Lipinski definition) is 7. The minimum atomic E-state index is -1.60. The molecule has 7 nitrogen and oxygen atoms in total. The first-order valence-corrected chi connectivity index (χ1v) is 9.81. The Morgan fingerprint density at radius 3 is 2.47 bits per heavy atom. The fourth-order valence-corrected chi connectivity index (χ4v) is 4.21. The molecule has 0 fully saturated rings. The van der Waals surface area contributed by atoms with Crippen molar-refractivity contribution in [1.29, 1.82) is 0 Å². The lowest BCUT2D eigenvalue weighted by molar-refractivity contribution is -0.123. The number of ether oxygens (including phenoxy) is 1. The lowest BCUT2D eigenvalue weighted by Gasteiger charge is -2.29. The highest BCUT2D eigenvalue weighted by molar-refractivity contribution is 6.31. The Kier molecular flexibility index (Phi) is 4.69. The van der Waals surface area contributed by atoms with Crippen LogP contribution in [0.4, 0.5) is 10.1 Å². The van der Waals surface area contributed by atoms with Crippen LogP contribution in [-0.2, 0) is 15.0 Å². The minimum absolute atomic E-state index is 0.0119. The van der Waals surface area contributed by atoms with Gasteiger partial charge in [-0.3, -0.25) is 14.4 Å². The summed E-state index contributed by atoms with van der Waals surface area (Å²) >= 11 is 0. The molecule has 1 aliphatic carbocycles. The van der Waals surface area contributed by atoms with Crippen molar-refractivity contribution in [3.8, 4) is 17.2 Å². The fraction of sp³-hybridized carbons (Fsp3) is 0.208. The van der Waals surface area contributed by atoms with E-state index in [-0.39, 0.29) is 39.5 Å². The van der Waals surface area contributed by atoms with Crippen LogP contribution in [-0.4, -0.2) is 27.6 Å². The first kappa shape index (κ1) is 21.3. The van der Waals surface area contributed by atoms with E-state index in [0.717, 1.165) is 6.08 Å². The molecule has 0 aromatic heterocycles. The molecule has 1 aliphatic heterocycles. The van der Waals surface area contributed by atoms with Gasteiger partial charge in [0.25, 0.3) is 0 Å². The molecule has 0 unspecified atom stereocenters. The zero-order chi connectivity index (χ0) is 23.5. The molecular formula is C24H20FNO6. The predicted molar refractivity (Wildman–Crippen MR) is 113 cm³/mol. The molecule has 0 radical (unpaired) electrons. The molecule has 8 heteroatoms. The SMILES string of the molecule is CC(=O)c1c(O)c(C)c(O)c2c1OC1=CC(=O)/C(=C(/C)Nc3cccc(F)c3)C(=O)[C@]12C. The van der Waals surface area contributed by atoms with Gasteiger partial charge in [-0.25, -0.2) is 4.39 Å². The average molecular weight is 437 g/mol. The number of carbonyl (C=O) groups excluding carboxylic acids is 3. The van der Waals surface area contributed by atoms with E-state index in [0.29, 0.717) is 5.69 Å². The summed E-state index contributed by atoms with van der Waals surface area (Å²) in [4.78, 5) is 38.7. The predicted octanol–water partition coefficient (Wildman–Crippen LogP) is 3.82. The van der Waals surface area contributed by atoms with Crippen molar-refractivity contribution in [3.63, 3.8) is 0 Å². The molecule has 0 saturated carbocycles. The Morgan fingerprint density at radius 2 is 1.84 bits per heavy atom. The van der Waals surface area contributed by atoms with Gasteiger partial charge in [0.15, 0.2) is 17.3 Å². The number of fused-ring (bicyclic) bond motifs is 3. The second-order valence-electron chi connectivity index (χ2n) is 8.02. The Hall–Kier alpha value is -3.94. The zero-order valence-electron chi connectivity index (χ0n) is 17.8. The van der Waals surface area contributed by atoms with Gasteiger partial charge in [0, 0.05) is 23.0 Å². The molecule has 0 amide bonds. The summed E-state index contributed by atoms with van der Waals surface area (Å²) < 4.78 is 19.3. The van der Waals surface area contributed by atoms with Crippen molar-refractivity contribution in [1.82, 2.24) is 0 Å². The van der Waals surface area contributed by atoms with Gasteiger partial charge in [0.2, 0.25) is 0 Å². The molecule has 0 saturated heterocycles. The molecule has 1 atom stereocenters. The van der Waals surface area contributed by atoms with Gasteiger partial charge in [-0.2, -0.15) is 0 Å². The number of nitrogens with one attached hydrogen (secondary N) is 1. The number of ketones is 3. The van der Waals surface area contributed by atoms with Crippen LogP contribution in [0, 0.1) is 12.7 Å². The number of aromatic hydroxyl groups is 2. The number of benzene rings is 2. The first-order chi connectivity index (χ1) is 15.0. The Bertz CT molecular complexity index is 1310. The number of phenols is 2. The van der Waals surface area contributed by atoms with E-state index in [2.05, 4.69) is 5.32 Å². The molecule has 0 bridgehead atoms. The van der Waals surface area contributed by atoms with Crippen LogP contribution in [0.15, 0.2) is 47.4 Å². The van der Waals surface area contributed by atoms with Crippen molar-refractivity contribution in [2.45, 2.75) is 33.1 Å². The number of rotatable bonds is 3. The van der Waals surface area contributed by atoms with Gasteiger partial charge < -0.3 is 20.3 Å². The lowest BCUT2D eigenvalue weighted by atomic mass is 9.70. The van der Waals surface area contributed by atoms with Crippen LogP contribution < -0.4 is 10.1 Å².